The first-order valence-electron chi connectivity index (χ1n) is 6.18. The van der Waals surface area contributed by atoms with Crippen molar-refractivity contribution in [2.45, 2.75) is 27.2 Å². The first-order valence-corrected chi connectivity index (χ1v) is 6.18. The maximum Gasteiger partial charge on any atom is 0.152 e. The summed E-state index contributed by atoms with van der Waals surface area (Å²) in [4.78, 5) is 0. The van der Waals surface area contributed by atoms with Gasteiger partial charge in [0.15, 0.2) is 5.82 Å². The number of rotatable bonds is 3. The molecule has 1 heterocycles. The van der Waals surface area contributed by atoms with Crippen LogP contribution in [0.2, 0.25) is 0 Å². The lowest BCUT2D eigenvalue weighted by atomic mass is 10.1. The first kappa shape index (κ1) is 12.5. The van der Waals surface area contributed by atoms with E-state index < -0.39 is 0 Å². The lowest BCUT2D eigenvalue weighted by Gasteiger charge is -2.10. The van der Waals surface area contributed by atoms with E-state index in [-0.39, 0.29) is 0 Å². The van der Waals surface area contributed by atoms with Gasteiger partial charge in [0.1, 0.15) is 0 Å². The van der Waals surface area contributed by atoms with Crippen LogP contribution in [0.4, 0.5) is 17.2 Å². The normalized spacial score (nSPS) is 10.7. The minimum Gasteiger partial charge on any atom is -0.394 e. The molecule has 0 aliphatic carbocycles. The highest BCUT2D eigenvalue weighted by Crippen LogP contribution is 2.26. The summed E-state index contributed by atoms with van der Waals surface area (Å²) in [5.41, 5.74) is 11.3. The van der Waals surface area contributed by atoms with E-state index in [1.807, 2.05) is 14.0 Å². The smallest absolute Gasteiger partial charge is 0.152 e. The van der Waals surface area contributed by atoms with E-state index in [9.17, 15) is 0 Å². The Labute approximate surface area is 108 Å². The monoisotopic (exact) mass is 244 g/mol. The van der Waals surface area contributed by atoms with Crippen molar-refractivity contribution in [3.05, 3.63) is 35.0 Å². The standard InChI is InChI=1S/C14H20N4/c1-5-11-8-12(7-6-9(11)2)16-14-13(15)10(3)17-18(14)4/h6-8,16H,5,15H2,1-4H3. The Kier molecular flexibility index (Phi) is 3.28. The number of nitrogens with one attached hydrogen (secondary N) is 1. The van der Waals surface area contributed by atoms with Gasteiger partial charge < -0.3 is 11.1 Å². The molecule has 4 nitrogen and oxygen atoms in total. The number of aromatic nitrogens is 2. The fourth-order valence-corrected chi connectivity index (χ4v) is 2.09. The molecule has 0 saturated carbocycles. The molecule has 0 radical (unpaired) electrons. The predicted molar refractivity (Wildman–Crippen MR) is 76.2 cm³/mol. The van der Waals surface area contributed by atoms with Crippen LogP contribution in [0.3, 0.4) is 0 Å². The summed E-state index contributed by atoms with van der Waals surface area (Å²) in [7, 11) is 1.89. The van der Waals surface area contributed by atoms with Gasteiger partial charge in [-0.2, -0.15) is 5.10 Å². The second kappa shape index (κ2) is 4.72. The van der Waals surface area contributed by atoms with Gasteiger partial charge in [-0.3, -0.25) is 4.68 Å². The molecule has 0 amide bonds. The zero-order chi connectivity index (χ0) is 13.3. The number of aryl methyl sites for hydroxylation is 4. The summed E-state index contributed by atoms with van der Waals surface area (Å²) in [5, 5.41) is 7.63. The van der Waals surface area contributed by atoms with Crippen molar-refractivity contribution in [2.75, 3.05) is 11.1 Å². The minimum absolute atomic E-state index is 0.705. The molecular formula is C14H20N4. The van der Waals surface area contributed by atoms with Crippen LogP contribution in [-0.2, 0) is 13.5 Å². The van der Waals surface area contributed by atoms with Crippen molar-refractivity contribution in [1.82, 2.24) is 9.78 Å². The van der Waals surface area contributed by atoms with Crippen LogP contribution >= 0.6 is 0 Å². The number of anilines is 3. The molecule has 18 heavy (non-hydrogen) atoms. The van der Waals surface area contributed by atoms with E-state index >= 15 is 0 Å². The second-order valence-electron chi connectivity index (χ2n) is 4.59. The third-order valence-electron chi connectivity index (χ3n) is 3.26. The number of nitrogens with zero attached hydrogens (tertiary/aromatic N) is 2. The molecular weight excluding hydrogens is 224 g/mol. The number of nitrogen functional groups attached to an aromatic ring is 1. The second-order valence-corrected chi connectivity index (χ2v) is 4.59. The SMILES string of the molecule is CCc1cc(Nc2c(N)c(C)nn2C)ccc1C. The number of benzene rings is 1. The Hall–Kier alpha value is -1.97. The third kappa shape index (κ3) is 2.18. The van der Waals surface area contributed by atoms with Crippen molar-refractivity contribution in [3.8, 4) is 0 Å². The highest BCUT2D eigenvalue weighted by molar-refractivity contribution is 5.71. The molecule has 0 saturated heterocycles. The van der Waals surface area contributed by atoms with Crippen LogP contribution in [0.5, 0.6) is 0 Å². The van der Waals surface area contributed by atoms with Gasteiger partial charge in [0.25, 0.3) is 0 Å². The fraction of sp³-hybridized carbons (Fsp3) is 0.357. The van der Waals surface area contributed by atoms with Crippen molar-refractivity contribution in [3.63, 3.8) is 0 Å². The molecule has 3 N–H and O–H groups in total. The largest absolute Gasteiger partial charge is 0.394 e. The van der Waals surface area contributed by atoms with Crippen LogP contribution in [0, 0.1) is 13.8 Å². The molecule has 0 fully saturated rings. The Balaban J connectivity index is 2.34. The summed E-state index contributed by atoms with van der Waals surface area (Å²) in [6, 6.07) is 6.36. The van der Waals surface area contributed by atoms with Crippen LogP contribution in [0.15, 0.2) is 18.2 Å². The summed E-state index contributed by atoms with van der Waals surface area (Å²) >= 11 is 0. The van der Waals surface area contributed by atoms with E-state index in [4.69, 9.17) is 5.73 Å². The highest BCUT2D eigenvalue weighted by Gasteiger charge is 2.10. The van der Waals surface area contributed by atoms with Gasteiger partial charge in [-0.1, -0.05) is 13.0 Å². The average molecular weight is 244 g/mol. The van der Waals surface area contributed by atoms with Crippen LogP contribution < -0.4 is 11.1 Å². The van der Waals surface area contributed by atoms with Crippen LogP contribution in [0.1, 0.15) is 23.7 Å². The van der Waals surface area contributed by atoms with E-state index in [0.29, 0.717) is 5.69 Å². The van der Waals surface area contributed by atoms with Crippen molar-refractivity contribution in [1.29, 1.82) is 0 Å². The summed E-state index contributed by atoms with van der Waals surface area (Å²) < 4.78 is 1.77. The molecule has 2 rings (SSSR count). The lowest BCUT2D eigenvalue weighted by molar-refractivity contribution is 0.765. The van der Waals surface area contributed by atoms with E-state index in [1.54, 1.807) is 4.68 Å². The molecule has 0 unspecified atom stereocenters. The zero-order valence-electron chi connectivity index (χ0n) is 11.4. The van der Waals surface area contributed by atoms with Gasteiger partial charge in [0.2, 0.25) is 0 Å². The molecule has 96 valence electrons. The van der Waals surface area contributed by atoms with Crippen molar-refractivity contribution >= 4 is 17.2 Å². The molecule has 0 aliphatic rings. The first-order chi connectivity index (χ1) is 8.52. The molecule has 4 heteroatoms. The number of hydrogen-bond acceptors (Lipinski definition) is 3. The quantitative estimate of drug-likeness (QED) is 0.872. The minimum atomic E-state index is 0.705. The van der Waals surface area contributed by atoms with Gasteiger partial charge in [0, 0.05) is 12.7 Å². The van der Waals surface area contributed by atoms with E-state index in [0.717, 1.165) is 23.6 Å². The van der Waals surface area contributed by atoms with Crippen molar-refractivity contribution in [2.24, 2.45) is 7.05 Å². The maximum atomic E-state index is 6.01. The average Bonchev–Trinajstić information content (AvgIpc) is 2.58. The van der Waals surface area contributed by atoms with Crippen LogP contribution in [-0.4, -0.2) is 9.78 Å². The van der Waals surface area contributed by atoms with Gasteiger partial charge in [-0.15, -0.1) is 0 Å². The van der Waals surface area contributed by atoms with Crippen LogP contribution in [0.25, 0.3) is 0 Å². The number of hydrogen-bond donors (Lipinski definition) is 2. The Morgan fingerprint density at radius 1 is 1.33 bits per heavy atom. The fourth-order valence-electron chi connectivity index (χ4n) is 2.09. The number of nitrogens with two attached hydrogens (primary N) is 1. The van der Waals surface area contributed by atoms with E-state index in [1.165, 1.54) is 11.1 Å². The predicted octanol–water partition coefficient (Wildman–Crippen LogP) is 2.93. The molecule has 0 spiro atoms. The molecule has 2 aromatic rings. The summed E-state index contributed by atoms with van der Waals surface area (Å²) in [6.45, 7) is 6.20. The van der Waals surface area contributed by atoms with Gasteiger partial charge in [-0.05, 0) is 43.5 Å². The molecule has 1 aromatic heterocycles. The molecule has 0 atom stereocenters. The molecule has 0 bridgehead atoms. The third-order valence-corrected chi connectivity index (χ3v) is 3.26. The Bertz CT molecular complexity index is 569. The molecule has 1 aromatic carbocycles. The van der Waals surface area contributed by atoms with Crippen molar-refractivity contribution < 1.29 is 0 Å². The lowest BCUT2D eigenvalue weighted by Crippen LogP contribution is -2.02. The van der Waals surface area contributed by atoms with Gasteiger partial charge in [0.05, 0.1) is 11.4 Å². The Morgan fingerprint density at radius 3 is 2.61 bits per heavy atom. The Morgan fingerprint density at radius 2 is 2.06 bits per heavy atom. The van der Waals surface area contributed by atoms with E-state index in [2.05, 4.69) is 42.5 Å². The highest BCUT2D eigenvalue weighted by atomic mass is 15.3. The van der Waals surface area contributed by atoms with Gasteiger partial charge in [-0.25, -0.2) is 0 Å². The van der Waals surface area contributed by atoms with Gasteiger partial charge >= 0.3 is 0 Å². The zero-order valence-corrected chi connectivity index (χ0v) is 11.4. The topological polar surface area (TPSA) is 55.9 Å². The summed E-state index contributed by atoms with van der Waals surface area (Å²) in [5.74, 6) is 0.846. The molecule has 0 aliphatic heterocycles. The summed E-state index contributed by atoms with van der Waals surface area (Å²) in [6.07, 6.45) is 1.03. The maximum absolute atomic E-state index is 6.01.